The smallest absolute Gasteiger partial charge is 0.239 e. The molecule has 3 rings (SSSR count). The van der Waals surface area contributed by atoms with Crippen LogP contribution in [0.25, 0.3) is 0 Å². The van der Waals surface area contributed by atoms with Gasteiger partial charge in [0, 0.05) is 5.69 Å². The van der Waals surface area contributed by atoms with Crippen molar-refractivity contribution in [2.24, 2.45) is 0 Å². The van der Waals surface area contributed by atoms with Crippen molar-refractivity contribution in [3.05, 3.63) is 59.3 Å². The number of aryl methyl sites for hydroxylation is 2. The average molecular weight is 284 g/mol. The van der Waals surface area contributed by atoms with Crippen LogP contribution in [0, 0.1) is 13.8 Å². The summed E-state index contributed by atoms with van der Waals surface area (Å²) < 4.78 is 0. The van der Waals surface area contributed by atoms with Crippen LogP contribution in [0.4, 0.5) is 5.82 Å². The molecule has 1 unspecified atom stereocenters. The van der Waals surface area contributed by atoms with E-state index in [9.17, 15) is 4.79 Å². The van der Waals surface area contributed by atoms with Gasteiger partial charge >= 0.3 is 0 Å². The van der Waals surface area contributed by atoms with Crippen molar-refractivity contribution in [1.82, 2.24) is 4.98 Å². The number of benzene rings is 1. The van der Waals surface area contributed by atoms with Crippen LogP contribution in [0.2, 0.25) is 0 Å². The Morgan fingerprint density at radius 3 is 2.65 bits per heavy atom. The van der Waals surface area contributed by atoms with Crippen LogP contribution in [0.3, 0.4) is 0 Å². The largest absolute Gasteiger partial charge is 0.279 e. The number of anilines is 1. The van der Waals surface area contributed by atoms with Gasteiger partial charge in [-0.1, -0.05) is 30.3 Å². The molecule has 1 atom stereocenters. The second-order valence-electron chi connectivity index (χ2n) is 4.98. The van der Waals surface area contributed by atoms with E-state index in [-0.39, 0.29) is 11.3 Å². The second-order valence-corrected chi connectivity index (χ2v) is 6.05. The van der Waals surface area contributed by atoms with Gasteiger partial charge in [-0.15, -0.1) is 11.8 Å². The lowest BCUT2D eigenvalue weighted by atomic mass is 10.2. The molecule has 1 aliphatic heterocycles. The maximum Gasteiger partial charge on any atom is 0.239 e. The predicted molar refractivity (Wildman–Crippen MR) is 82.8 cm³/mol. The zero-order valence-electron chi connectivity index (χ0n) is 11.5. The highest BCUT2D eigenvalue weighted by Gasteiger charge is 2.34. The number of pyridine rings is 1. The van der Waals surface area contributed by atoms with Gasteiger partial charge in [0.05, 0.1) is 5.75 Å². The number of rotatable bonds is 2. The Morgan fingerprint density at radius 2 is 1.95 bits per heavy atom. The van der Waals surface area contributed by atoms with Crippen molar-refractivity contribution in [2.45, 2.75) is 19.2 Å². The summed E-state index contributed by atoms with van der Waals surface area (Å²) in [6.45, 7) is 3.99. The van der Waals surface area contributed by atoms with E-state index in [1.807, 2.05) is 49.1 Å². The number of hydrogen-bond acceptors (Lipinski definition) is 3. The summed E-state index contributed by atoms with van der Waals surface area (Å²) in [4.78, 5) is 18.6. The molecule has 1 aliphatic rings. The highest BCUT2D eigenvalue weighted by Crippen LogP contribution is 2.41. The predicted octanol–water partition coefficient (Wildman–Crippen LogP) is 3.48. The molecule has 0 bridgehead atoms. The van der Waals surface area contributed by atoms with Crippen LogP contribution in [0.5, 0.6) is 0 Å². The summed E-state index contributed by atoms with van der Waals surface area (Å²) in [5.74, 6) is 1.39. The number of carbonyl (C=O) groups is 1. The van der Waals surface area contributed by atoms with Gasteiger partial charge in [-0.2, -0.15) is 0 Å². The van der Waals surface area contributed by atoms with Crippen molar-refractivity contribution < 1.29 is 4.79 Å². The molecule has 0 aliphatic carbocycles. The van der Waals surface area contributed by atoms with E-state index in [1.165, 1.54) is 0 Å². The molecule has 1 saturated heterocycles. The van der Waals surface area contributed by atoms with E-state index in [0.29, 0.717) is 5.75 Å². The van der Waals surface area contributed by atoms with Crippen LogP contribution in [0.15, 0.2) is 42.5 Å². The number of aromatic nitrogens is 1. The summed E-state index contributed by atoms with van der Waals surface area (Å²) in [6, 6.07) is 14.1. The summed E-state index contributed by atoms with van der Waals surface area (Å²) in [5.41, 5.74) is 3.21. The number of hydrogen-bond donors (Lipinski definition) is 0. The summed E-state index contributed by atoms with van der Waals surface area (Å²) in [7, 11) is 0. The first-order valence-electron chi connectivity index (χ1n) is 6.59. The van der Waals surface area contributed by atoms with Gasteiger partial charge in [0.15, 0.2) is 0 Å². The standard InChI is InChI=1S/C16H16N2OS/c1-11-8-12(2)17-14(9-11)18-15(19)10-20-16(18)13-6-4-3-5-7-13/h3-9,16H,10H2,1-2H3. The first-order chi connectivity index (χ1) is 9.65. The lowest BCUT2D eigenvalue weighted by Crippen LogP contribution is -2.28. The van der Waals surface area contributed by atoms with Gasteiger partial charge in [-0.3, -0.25) is 9.69 Å². The molecular formula is C16H16N2OS. The van der Waals surface area contributed by atoms with E-state index in [1.54, 1.807) is 11.8 Å². The van der Waals surface area contributed by atoms with Crippen molar-refractivity contribution in [2.75, 3.05) is 10.7 Å². The lowest BCUT2D eigenvalue weighted by molar-refractivity contribution is -0.115. The lowest BCUT2D eigenvalue weighted by Gasteiger charge is -2.24. The second kappa shape index (κ2) is 5.29. The fourth-order valence-electron chi connectivity index (χ4n) is 2.48. The highest BCUT2D eigenvalue weighted by atomic mass is 32.2. The minimum Gasteiger partial charge on any atom is -0.279 e. The molecule has 0 N–H and O–H groups in total. The monoisotopic (exact) mass is 284 g/mol. The first kappa shape index (κ1) is 13.2. The van der Waals surface area contributed by atoms with Crippen molar-refractivity contribution >= 4 is 23.5 Å². The average Bonchev–Trinajstić information content (AvgIpc) is 2.80. The molecule has 4 heteroatoms. The van der Waals surface area contributed by atoms with Gasteiger partial charge in [-0.25, -0.2) is 4.98 Å². The van der Waals surface area contributed by atoms with Gasteiger partial charge in [0.2, 0.25) is 5.91 Å². The molecule has 0 spiro atoms. The third-order valence-electron chi connectivity index (χ3n) is 3.28. The molecule has 2 aromatic rings. The van der Waals surface area contributed by atoms with Gasteiger partial charge in [0.25, 0.3) is 0 Å². The minimum absolute atomic E-state index is 0.0254. The zero-order valence-corrected chi connectivity index (χ0v) is 12.4. The molecule has 2 heterocycles. The molecule has 3 nitrogen and oxygen atoms in total. The Kier molecular flexibility index (Phi) is 3.49. The normalized spacial score (nSPS) is 18.6. The molecule has 1 aromatic heterocycles. The third-order valence-corrected chi connectivity index (χ3v) is 4.50. The SMILES string of the molecule is Cc1cc(C)nc(N2C(=O)CSC2c2ccccc2)c1. The van der Waals surface area contributed by atoms with Gasteiger partial charge < -0.3 is 0 Å². The Morgan fingerprint density at radius 1 is 1.20 bits per heavy atom. The maximum atomic E-state index is 12.2. The summed E-state index contributed by atoms with van der Waals surface area (Å²) >= 11 is 1.65. The Hall–Kier alpha value is -1.81. The topological polar surface area (TPSA) is 33.2 Å². The number of amides is 1. The summed E-state index contributed by atoms with van der Waals surface area (Å²) in [5, 5.41) is 0.0254. The van der Waals surface area contributed by atoms with E-state index in [0.717, 1.165) is 22.6 Å². The highest BCUT2D eigenvalue weighted by molar-refractivity contribution is 8.00. The molecular weight excluding hydrogens is 268 g/mol. The van der Waals surface area contributed by atoms with E-state index in [2.05, 4.69) is 17.1 Å². The van der Waals surface area contributed by atoms with Crippen LogP contribution in [0.1, 0.15) is 22.2 Å². The summed E-state index contributed by atoms with van der Waals surface area (Å²) in [6.07, 6.45) is 0. The van der Waals surface area contributed by atoms with Crippen molar-refractivity contribution in [3.8, 4) is 0 Å². The zero-order chi connectivity index (χ0) is 14.1. The van der Waals surface area contributed by atoms with E-state index >= 15 is 0 Å². The quantitative estimate of drug-likeness (QED) is 0.846. The molecule has 0 radical (unpaired) electrons. The van der Waals surface area contributed by atoms with E-state index in [4.69, 9.17) is 0 Å². The van der Waals surface area contributed by atoms with Crippen LogP contribution >= 0.6 is 11.8 Å². The minimum atomic E-state index is 0.0254. The molecule has 1 fully saturated rings. The Bertz CT molecular complexity index is 622. The first-order valence-corrected chi connectivity index (χ1v) is 7.64. The Balaban J connectivity index is 2.02. The molecule has 0 saturated carbocycles. The number of carbonyl (C=O) groups excluding carboxylic acids is 1. The van der Waals surface area contributed by atoms with Crippen LogP contribution in [-0.2, 0) is 4.79 Å². The maximum absolute atomic E-state index is 12.2. The van der Waals surface area contributed by atoms with E-state index < -0.39 is 0 Å². The number of nitrogens with zero attached hydrogens (tertiary/aromatic N) is 2. The van der Waals surface area contributed by atoms with Crippen LogP contribution < -0.4 is 4.90 Å². The van der Waals surface area contributed by atoms with Crippen molar-refractivity contribution in [3.63, 3.8) is 0 Å². The van der Waals surface area contributed by atoms with Crippen molar-refractivity contribution in [1.29, 1.82) is 0 Å². The fraction of sp³-hybridized carbons (Fsp3) is 0.250. The van der Waals surface area contributed by atoms with Gasteiger partial charge in [0.1, 0.15) is 11.2 Å². The third kappa shape index (κ3) is 2.43. The number of thioether (sulfide) groups is 1. The molecule has 20 heavy (non-hydrogen) atoms. The molecule has 102 valence electrons. The molecule has 1 amide bonds. The molecule has 1 aromatic carbocycles. The fourth-order valence-corrected chi connectivity index (χ4v) is 3.64. The van der Waals surface area contributed by atoms with Gasteiger partial charge in [-0.05, 0) is 37.1 Å². The Labute approximate surface area is 123 Å². The van der Waals surface area contributed by atoms with Crippen LogP contribution in [-0.4, -0.2) is 16.6 Å².